The molecule has 2 rings (SSSR count). The van der Waals surface area contributed by atoms with Crippen molar-refractivity contribution in [1.29, 1.82) is 0 Å². The lowest BCUT2D eigenvalue weighted by molar-refractivity contribution is 0.495. The van der Waals surface area contributed by atoms with Gasteiger partial charge in [0.25, 0.3) is 0 Å². The van der Waals surface area contributed by atoms with Crippen LogP contribution in [0.4, 0.5) is 0 Å². The lowest BCUT2D eigenvalue weighted by Gasteiger charge is -2.16. The lowest BCUT2D eigenvalue weighted by Crippen LogP contribution is -2.34. The van der Waals surface area contributed by atoms with E-state index in [4.69, 9.17) is 5.73 Å². The quantitative estimate of drug-likeness (QED) is 0.803. The number of benzene rings is 1. The number of rotatable bonds is 7. The summed E-state index contributed by atoms with van der Waals surface area (Å²) in [5.74, 6) is 0.715. The highest BCUT2D eigenvalue weighted by Gasteiger charge is 2.27. The van der Waals surface area contributed by atoms with Crippen LogP contribution in [0.3, 0.4) is 0 Å². The van der Waals surface area contributed by atoms with Crippen molar-refractivity contribution in [3.05, 3.63) is 29.8 Å². The molecule has 0 aromatic heterocycles. The van der Waals surface area contributed by atoms with Crippen LogP contribution in [0.1, 0.15) is 38.2 Å². The summed E-state index contributed by atoms with van der Waals surface area (Å²) in [6.45, 7) is 2.44. The van der Waals surface area contributed by atoms with E-state index in [-0.39, 0.29) is 6.04 Å². The van der Waals surface area contributed by atoms with E-state index in [0.29, 0.717) is 17.4 Å². The first-order chi connectivity index (χ1) is 9.05. The molecule has 1 saturated carbocycles. The molecule has 0 amide bonds. The fraction of sp³-hybridized carbons (Fsp3) is 0.571. The van der Waals surface area contributed by atoms with Gasteiger partial charge in [-0.05, 0) is 36.5 Å². The van der Waals surface area contributed by atoms with Crippen LogP contribution in [0.15, 0.2) is 29.2 Å². The van der Waals surface area contributed by atoms with Gasteiger partial charge in [0.1, 0.15) is 0 Å². The maximum Gasteiger partial charge on any atom is 0.240 e. The standard InChI is InChI=1S/C14H22N2O2S/c1-2-13(9-11-3-4-11)16-19(17,18)14-7-5-12(10-15)6-8-14/h5-8,11,13,16H,2-4,9-10,15H2,1H3. The van der Waals surface area contributed by atoms with Crippen LogP contribution in [-0.4, -0.2) is 14.5 Å². The van der Waals surface area contributed by atoms with Crippen LogP contribution in [-0.2, 0) is 16.6 Å². The van der Waals surface area contributed by atoms with E-state index in [2.05, 4.69) is 4.72 Å². The van der Waals surface area contributed by atoms with Gasteiger partial charge in [-0.1, -0.05) is 31.9 Å². The molecule has 106 valence electrons. The third-order valence-electron chi connectivity index (χ3n) is 3.60. The Morgan fingerprint density at radius 2 is 1.95 bits per heavy atom. The van der Waals surface area contributed by atoms with E-state index in [1.165, 1.54) is 12.8 Å². The summed E-state index contributed by atoms with van der Waals surface area (Å²) in [4.78, 5) is 0.318. The topological polar surface area (TPSA) is 72.2 Å². The van der Waals surface area contributed by atoms with Crippen molar-refractivity contribution in [2.75, 3.05) is 0 Å². The molecule has 1 aliphatic carbocycles. The van der Waals surface area contributed by atoms with Crippen molar-refractivity contribution in [1.82, 2.24) is 4.72 Å². The van der Waals surface area contributed by atoms with Crippen molar-refractivity contribution >= 4 is 10.0 Å². The van der Waals surface area contributed by atoms with Gasteiger partial charge in [0.2, 0.25) is 10.0 Å². The SMILES string of the molecule is CCC(CC1CC1)NS(=O)(=O)c1ccc(CN)cc1. The Labute approximate surface area is 115 Å². The van der Waals surface area contributed by atoms with Gasteiger partial charge in [0, 0.05) is 12.6 Å². The molecular weight excluding hydrogens is 260 g/mol. The van der Waals surface area contributed by atoms with E-state index in [9.17, 15) is 8.42 Å². The third-order valence-corrected chi connectivity index (χ3v) is 5.14. The molecule has 4 nitrogen and oxygen atoms in total. The van der Waals surface area contributed by atoms with Gasteiger partial charge in [-0.15, -0.1) is 0 Å². The Morgan fingerprint density at radius 1 is 1.32 bits per heavy atom. The number of hydrogen-bond acceptors (Lipinski definition) is 3. The zero-order valence-corrected chi connectivity index (χ0v) is 12.1. The molecule has 19 heavy (non-hydrogen) atoms. The van der Waals surface area contributed by atoms with Crippen LogP contribution in [0, 0.1) is 5.92 Å². The van der Waals surface area contributed by atoms with E-state index in [0.717, 1.165) is 18.4 Å². The molecule has 1 aromatic carbocycles. The number of hydrogen-bond donors (Lipinski definition) is 2. The van der Waals surface area contributed by atoms with Crippen LogP contribution >= 0.6 is 0 Å². The second-order valence-corrected chi connectivity index (χ2v) is 6.97. The first-order valence-electron chi connectivity index (χ1n) is 6.86. The highest BCUT2D eigenvalue weighted by molar-refractivity contribution is 7.89. The molecule has 1 aromatic rings. The van der Waals surface area contributed by atoms with Crippen LogP contribution < -0.4 is 10.5 Å². The van der Waals surface area contributed by atoms with Crippen LogP contribution in [0.5, 0.6) is 0 Å². The van der Waals surface area contributed by atoms with Crippen LogP contribution in [0.2, 0.25) is 0 Å². The largest absolute Gasteiger partial charge is 0.326 e. The fourth-order valence-electron chi connectivity index (χ4n) is 2.15. The van der Waals surface area contributed by atoms with Gasteiger partial charge in [-0.3, -0.25) is 0 Å². The highest BCUT2D eigenvalue weighted by atomic mass is 32.2. The maximum atomic E-state index is 12.3. The average molecular weight is 282 g/mol. The predicted octanol–water partition coefficient (Wildman–Crippen LogP) is 2.00. The van der Waals surface area contributed by atoms with Crippen molar-refractivity contribution in [3.63, 3.8) is 0 Å². The molecule has 1 unspecified atom stereocenters. The van der Waals surface area contributed by atoms with Gasteiger partial charge in [-0.2, -0.15) is 0 Å². The first-order valence-corrected chi connectivity index (χ1v) is 8.34. The minimum Gasteiger partial charge on any atom is -0.326 e. The lowest BCUT2D eigenvalue weighted by atomic mass is 10.1. The van der Waals surface area contributed by atoms with Crippen molar-refractivity contribution in [2.24, 2.45) is 11.7 Å². The highest BCUT2D eigenvalue weighted by Crippen LogP contribution is 2.34. The summed E-state index contributed by atoms with van der Waals surface area (Å²) in [5.41, 5.74) is 6.44. The number of nitrogens with one attached hydrogen (secondary N) is 1. The Morgan fingerprint density at radius 3 is 2.42 bits per heavy atom. The van der Waals surface area contributed by atoms with E-state index in [1.807, 2.05) is 6.92 Å². The summed E-state index contributed by atoms with van der Waals surface area (Å²) in [6, 6.07) is 6.81. The van der Waals surface area contributed by atoms with Gasteiger partial charge >= 0.3 is 0 Å². The molecule has 0 bridgehead atoms. The predicted molar refractivity (Wildman–Crippen MR) is 76.1 cm³/mol. The molecule has 0 aliphatic heterocycles. The molecule has 3 N–H and O–H groups in total. The van der Waals surface area contributed by atoms with Crippen molar-refractivity contribution in [2.45, 2.75) is 50.1 Å². The second kappa shape index (κ2) is 6.03. The summed E-state index contributed by atoms with van der Waals surface area (Å²) >= 11 is 0. The normalized spacial score (nSPS) is 17.4. The number of sulfonamides is 1. The molecular formula is C14H22N2O2S. The first kappa shape index (κ1) is 14.5. The zero-order valence-electron chi connectivity index (χ0n) is 11.3. The molecule has 1 atom stereocenters. The van der Waals surface area contributed by atoms with Crippen molar-refractivity contribution < 1.29 is 8.42 Å². The van der Waals surface area contributed by atoms with Gasteiger partial charge in [0.05, 0.1) is 4.90 Å². The summed E-state index contributed by atoms with van der Waals surface area (Å²) in [5, 5.41) is 0. The Kier molecular flexibility index (Phi) is 4.60. The number of nitrogens with two attached hydrogens (primary N) is 1. The molecule has 0 saturated heterocycles. The second-order valence-electron chi connectivity index (χ2n) is 5.25. The molecule has 1 fully saturated rings. The Hall–Kier alpha value is -0.910. The minimum absolute atomic E-state index is 0.0479. The summed E-state index contributed by atoms with van der Waals surface area (Å²) in [7, 11) is -3.41. The van der Waals surface area contributed by atoms with E-state index in [1.54, 1.807) is 24.3 Å². The third kappa shape index (κ3) is 4.03. The van der Waals surface area contributed by atoms with Gasteiger partial charge in [0.15, 0.2) is 0 Å². The van der Waals surface area contributed by atoms with E-state index >= 15 is 0 Å². The Balaban J connectivity index is 2.06. The zero-order chi connectivity index (χ0) is 13.9. The Bertz CT molecular complexity index is 507. The van der Waals surface area contributed by atoms with E-state index < -0.39 is 10.0 Å². The maximum absolute atomic E-state index is 12.3. The smallest absolute Gasteiger partial charge is 0.240 e. The summed E-state index contributed by atoms with van der Waals surface area (Å²) in [6.07, 6.45) is 4.26. The monoisotopic (exact) mass is 282 g/mol. The van der Waals surface area contributed by atoms with Crippen molar-refractivity contribution in [3.8, 4) is 0 Å². The molecule has 1 aliphatic rings. The summed E-state index contributed by atoms with van der Waals surface area (Å²) < 4.78 is 27.3. The minimum atomic E-state index is -3.41. The van der Waals surface area contributed by atoms with Gasteiger partial charge in [-0.25, -0.2) is 13.1 Å². The van der Waals surface area contributed by atoms with Gasteiger partial charge < -0.3 is 5.73 Å². The molecule has 0 radical (unpaired) electrons. The molecule has 5 heteroatoms. The average Bonchev–Trinajstić information content (AvgIpc) is 3.21. The fourth-order valence-corrected chi connectivity index (χ4v) is 3.48. The van der Waals surface area contributed by atoms with Crippen LogP contribution in [0.25, 0.3) is 0 Å². The molecule has 0 heterocycles. The molecule has 0 spiro atoms.